The van der Waals surface area contributed by atoms with Crippen LogP contribution in [0.3, 0.4) is 0 Å². The number of hydrogen-bond acceptors (Lipinski definition) is 4. The smallest absolute Gasteiger partial charge is 0.0826 e. The van der Waals surface area contributed by atoms with Crippen LogP contribution < -0.4 is 5.32 Å². The summed E-state index contributed by atoms with van der Waals surface area (Å²) in [6.45, 7) is 9.64. The highest BCUT2D eigenvalue weighted by Crippen LogP contribution is 2.01. The zero-order chi connectivity index (χ0) is 11.1. The molecule has 0 aliphatic carbocycles. The van der Waals surface area contributed by atoms with Crippen LogP contribution in [0, 0.1) is 0 Å². The fourth-order valence-corrected chi connectivity index (χ4v) is 1.62. The average molecular weight is 216 g/mol. The van der Waals surface area contributed by atoms with Crippen LogP contribution in [-0.2, 0) is 9.47 Å². The van der Waals surface area contributed by atoms with Gasteiger partial charge in [-0.2, -0.15) is 0 Å². The van der Waals surface area contributed by atoms with Gasteiger partial charge in [0.2, 0.25) is 0 Å². The summed E-state index contributed by atoms with van der Waals surface area (Å²) >= 11 is 0. The van der Waals surface area contributed by atoms with E-state index in [0.717, 1.165) is 39.4 Å². The monoisotopic (exact) mass is 216 g/mol. The standard InChI is InChI=1S/C11H24N2O2/c1-10(2)14-6-4-12-8-11-9-13(3)5-7-15-11/h10-12H,4-9H2,1-3H3. The Bertz CT molecular complexity index is 165. The van der Waals surface area contributed by atoms with Gasteiger partial charge in [0.1, 0.15) is 0 Å². The van der Waals surface area contributed by atoms with E-state index in [1.165, 1.54) is 0 Å². The highest BCUT2D eigenvalue weighted by molar-refractivity contribution is 4.70. The van der Waals surface area contributed by atoms with Crippen molar-refractivity contribution in [2.45, 2.75) is 26.1 Å². The van der Waals surface area contributed by atoms with E-state index in [4.69, 9.17) is 9.47 Å². The van der Waals surface area contributed by atoms with Crippen LogP contribution in [0.1, 0.15) is 13.8 Å². The lowest BCUT2D eigenvalue weighted by atomic mass is 10.3. The number of likely N-dealkylation sites (N-methyl/N-ethyl adjacent to an activating group) is 1. The summed E-state index contributed by atoms with van der Waals surface area (Å²) < 4.78 is 11.1. The third-order valence-electron chi connectivity index (χ3n) is 2.44. The van der Waals surface area contributed by atoms with E-state index in [9.17, 15) is 0 Å². The first-order valence-corrected chi connectivity index (χ1v) is 5.81. The first kappa shape index (κ1) is 12.9. The number of nitrogens with one attached hydrogen (secondary N) is 1. The van der Waals surface area contributed by atoms with E-state index < -0.39 is 0 Å². The number of hydrogen-bond donors (Lipinski definition) is 1. The molecule has 0 spiro atoms. The summed E-state index contributed by atoms with van der Waals surface area (Å²) in [6, 6.07) is 0. The summed E-state index contributed by atoms with van der Waals surface area (Å²) in [6.07, 6.45) is 0.659. The molecule has 0 amide bonds. The zero-order valence-corrected chi connectivity index (χ0v) is 10.2. The lowest BCUT2D eigenvalue weighted by molar-refractivity contribution is -0.0191. The minimum atomic E-state index is 0.323. The van der Waals surface area contributed by atoms with E-state index in [1.807, 2.05) is 0 Å². The maximum atomic E-state index is 5.63. The molecule has 1 saturated heterocycles. The Morgan fingerprint density at radius 3 is 3.00 bits per heavy atom. The number of nitrogens with zero attached hydrogens (tertiary/aromatic N) is 1. The molecule has 1 heterocycles. The topological polar surface area (TPSA) is 33.7 Å². The fraction of sp³-hybridized carbons (Fsp3) is 1.00. The van der Waals surface area contributed by atoms with Crippen molar-refractivity contribution in [1.29, 1.82) is 0 Å². The fourth-order valence-electron chi connectivity index (χ4n) is 1.62. The van der Waals surface area contributed by atoms with Gasteiger partial charge in [0.25, 0.3) is 0 Å². The first-order chi connectivity index (χ1) is 7.18. The summed E-state index contributed by atoms with van der Waals surface area (Å²) in [4.78, 5) is 2.31. The normalized spacial score (nSPS) is 23.6. The van der Waals surface area contributed by atoms with Crippen LogP contribution >= 0.6 is 0 Å². The van der Waals surface area contributed by atoms with E-state index in [-0.39, 0.29) is 0 Å². The van der Waals surface area contributed by atoms with Crippen molar-refractivity contribution in [3.05, 3.63) is 0 Å². The second-order valence-corrected chi connectivity index (χ2v) is 4.38. The molecule has 1 aliphatic rings. The number of morpholine rings is 1. The molecule has 1 atom stereocenters. The molecule has 1 aliphatic heterocycles. The summed E-state index contributed by atoms with van der Waals surface area (Å²) in [5, 5.41) is 3.35. The predicted molar refractivity (Wildman–Crippen MR) is 61.2 cm³/mol. The summed E-state index contributed by atoms with van der Waals surface area (Å²) in [5.41, 5.74) is 0. The molecule has 90 valence electrons. The van der Waals surface area contributed by atoms with E-state index in [2.05, 4.69) is 31.1 Å². The SMILES string of the molecule is CC(C)OCCNCC1CN(C)CCO1. The molecule has 4 heteroatoms. The number of ether oxygens (including phenoxy) is 2. The van der Waals surface area contributed by atoms with Crippen LogP contribution in [0.25, 0.3) is 0 Å². The molecule has 1 fully saturated rings. The summed E-state index contributed by atoms with van der Waals surface area (Å²) in [7, 11) is 2.14. The Hall–Kier alpha value is -0.160. The molecule has 1 unspecified atom stereocenters. The Balaban J connectivity index is 1.95. The van der Waals surface area contributed by atoms with Crippen molar-refractivity contribution in [3.63, 3.8) is 0 Å². The van der Waals surface area contributed by atoms with Gasteiger partial charge in [-0.15, -0.1) is 0 Å². The van der Waals surface area contributed by atoms with Gasteiger partial charge in [0, 0.05) is 26.2 Å². The van der Waals surface area contributed by atoms with E-state index >= 15 is 0 Å². The molecule has 1 rings (SSSR count). The van der Waals surface area contributed by atoms with Crippen molar-refractivity contribution in [1.82, 2.24) is 10.2 Å². The zero-order valence-electron chi connectivity index (χ0n) is 10.2. The lowest BCUT2D eigenvalue weighted by Crippen LogP contribution is -2.45. The Kier molecular flexibility index (Phi) is 6.17. The second-order valence-electron chi connectivity index (χ2n) is 4.38. The maximum Gasteiger partial charge on any atom is 0.0826 e. The molecular weight excluding hydrogens is 192 g/mol. The molecule has 0 saturated carbocycles. The summed E-state index contributed by atoms with van der Waals surface area (Å²) in [5.74, 6) is 0. The van der Waals surface area contributed by atoms with E-state index in [0.29, 0.717) is 12.2 Å². The lowest BCUT2D eigenvalue weighted by Gasteiger charge is -2.30. The van der Waals surface area contributed by atoms with Gasteiger partial charge in [-0.3, -0.25) is 0 Å². The molecule has 1 N–H and O–H groups in total. The average Bonchev–Trinajstić information content (AvgIpc) is 2.17. The molecule has 15 heavy (non-hydrogen) atoms. The molecule has 4 nitrogen and oxygen atoms in total. The van der Waals surface area contributed by atoms with Gasteiger partial charge in [-0.25, -0.2) is 0 Å². The van der Waals surface area contributed by atoms with Crippen molar-refractivity contribution >= 4 is 0 Å². The van der Waals surface area contributed by atoms with Crippen LogP contribution in [0.5, 0.6) is 0 Å². The minimum Gasteiger partial charge on any atom is -0.377 e. The van der Waals surface area contributed by atoms with Gasteiger partial charge in [-0.05, 0) is 20.9 Å². The van der Waals surface area contributed by atoms with Gasteiger partial charge in [0.15, 0.2) is 0 Å². The maximum absolute atomic E-state index is 5.63. The third kappa shape index (κ3) is 6.10. The van der Waals surface area contributed by atoms with Crippen LogP contribution in [0.4, 0.5) is 0 Å². The minimum absolute atomic E-state index is 0.323. The molecule has 0 aromatic heterocycles. The highest BCUT2D eigenvalue weighted by atomic mass is 16.5. The van der Waals surface area contributed by atoms with Crippen LogP contribution in [-0.4, -0.2) is 63.5 Å². The number of rotatable bonds is 6. The second kappa shape index (κ2) is 7.17. The molecule has 0 radical (unpaired) electrons. The van der Waals surface area contributed by atoms with Crippen LogP contribution in [0.15, 0.2) is 0 Å². The Morgan fingerprint density at radius 1 is 1.53 bits per heavy atom. The third-order valence-corrected chi connectivity index (χ3v) is 2.44. The quantitative estimate of drug-likeness (QED) is 0.649. The van der Waals surface area contributed by atoms with E-state index in [1.54, 1.807) is 0 Å². The van der Waals surface area contributed by atoms with Gasteiger partial charge in [-0.1, -0.05) is 0 Å². The van der Waals surface area contributed by atoms with Crippen molar-refractivity contribution in [2.24, 2.45) is 0 Å². The highest BCUT2D eigenvalue weighted by Gasteiger charge is 2.16. The molecule has 0 bridgehead atoms. The largest absolute Gasteiger partial charge is 0.377 e. The van der Waals surface area contributed by atoms with Gasteiger partial charge < -0.3 is 19.7 Å². The first-order valence-electron chi connectivity index (χ1n) is 5.81. The van der Waals surface area contributed by atoms with Gasteiger partial charge >= 0.3 is 0 Å². The predicted octanol–water partition coefficient (Wildman–Crippen LogP) is 0.332. The van der Waals surface area contributed by atoms with Crippen LogP contribution in [0.2, 0.25) is 0 Å². The Morgan fingerprint density at radius 2 is 2.33 bits per heavy atom. The molecule has 0 aromatic rings. The van der Waals surface area contributed by atoms with Gasteiger partial charge in [0.05, 0.1) is 25.4 Å². The van der Waals surface area contributed by atoms with Crippen molar-refractivity contribution in [3.8, 4) is 0 Å². The molecule has 0 aromatic carbocycles. The molecular formula is C11H24N2O2. The van der Waals surface area contributed by atoms with Crippen molar-refractivity contribution in [2.75, 3.05) is 46.4 Å². The Labute approximate surface area is 92.9 Å². The van der Waals surface area contributed by atoms with Crippen molar-refractivity contribution < 1.29 is 9.47 Å².